The average molecular weight is 150 g/mol. The molecule has 11 heavy (non-hydrogen) atoms. The molecule has 0 aliphatic heterocycles. The van der Waals surface area contributed by atoms with Gasteiger partial charge in [-0.1, -0.05) is 0 Å². The lowest BCUT2D eigenvalue weighted by Crippen LogP contribution is -2.37. The predicted octanol–water partition coefficient (Wildman–Crippen LogP) is 0.180. The highest BCUT2D eigenvalue weighted by molar-refractivity contribution is 5.51. The second-order valence-electron chi connectivity index (χ2n) is 2.11. The standard InChI is InChI=1S/C7H8N3O/c1-6(3-8)10(5-11)7(2)4-9/h6-7H,1-2H3. The van der Waals surface area contributed by atoms with Crippen LogP contribution in [0.1, 0.15) is 13.8 Å². The van der Waals surface area contributed by atoms with Crippen molar-refractivity contribution in [2.75, 3.05) is 0 Å². The second kappa shape index (κ2) is 4.29. The van der Waals surface area contributed by atoms with E-state index >= 15 is 0 Å². The molecule has 0 aliphatic carbocycles. The van der Waals surface area contributed by atoms with Crippen molar-refractivity contribution in [3.63, 3.8) is 0 Å². The van der Waals surface area contributed by atoms with E-state index in [9.17, 15) is 4.79 Å². The van der Waals surface area contributed by atoms with Gasteiger partial charge < -0.3 is 4.90 Å². The summed E-state index contributed by atoms with van der Waals surface area (Å²) in [7, 11) is 0. The van der Waals surface area contributed by atoms with Gasteiger partial charge in [-0.15, -0.1) is 0 Å². The average Bonchev–Trinajstić information content (AvgIpc) is 2.05. The normalized spacial score (nSPS) is 13.8. The van der Waals surface area contributed by atoms with Crippen LogP contribution in [0.15, 0.2) is 0 Å². The number of nitrogens with zero attached hydrogens (tertiary/aromatic N) is 3. The number of amides is 1. The summed E-state index contributed by atoms with van der Waals surface area (Å²) in [4.78, 5) is 11.2. The SMILES string of the molecule is CC(C#N)N([C]=O)C(C)C#N. The lowest BCUT2D eigenvalue weighted by molar-refractivity contribution is 0.324. The summed E-state index contributed by atoms with van der Waals surface area (Å²) in [6.45, 7) is 3.08. The van der Waals surface area contributed by atoms with E-state index in [1.54, 1.807) is 20.3 Å². The summed E-state index contributed by atoms with van der Waals surface area (Å²) in [5, 5.41) is 16.8. The van der Waals surface area contributed by atoms with E-state index in [0.29, 0.717) is 0 Å². The van der Waals surface area contributed by atoms with Crippen molar-refractivity contribution in [1.82, 2.24) is 4.90 Å². The first-order valence-electron chi connectivity index (χ1n) is 3.12. The number of carbonyl (C=O) groups excluding carboxylic acids is 1. The molecule has 0 fully saturated rings. The molecule has 2 unspecified atom stereocenters. The van der Waals surface area contributed by atoms with E-state index in [4.69, 9.17) is 10.5 Å². The fraction of sp³-hybridized carbons (Fsp3) is 0.571. The first-order valence-corrected chi connectivity index (χ1v) is 3.12. The molecule has 0 spiro atoms. The molecule has 1 amide bonds. The summed E-state index contributed by atoms with van der Waals surface area (Å²) in [6.07, 6.45) is 1.54. The van der Waals surface area contributed by atoms with Gasteiger partial charge in [-0.2, -0.15) is 10.5 Å². The minimum Gasteiger partial charge on any atom is -0.303 e. The van der Waals surface area contributed by atoms with Crippen LogP contribution in [0, 0.1) is 22.7 Å². The Morgan fingerprint density at radius 2 is 1.55 bits per heavy atom. The van der Waals surface area contributed by atoms with E-state index in [1.807, 2.05) is 12.1 Å². The smallest absolute Gasteiger partial charge is 0.303 e. The van der Waals surface area contributed by atoms with Crippen LogP contribution in [0.5, 0.6) is 0 Å². The molecule has 0 bridgehead atoms. The Balaban J connectivity index is 4.32. The summed E-state index contributed by atoms with van der Waals surface area (Å²) in [5.41, 5.74) is 0. The first-order chi connectivity index (χ1) is 5.17. The summed E-state index contributed by atoms with van der Waals surface area (Å²) < 4.78 is 0. The molecule has 0 aliphatic rings. The van der Waals surface area contributed by atoms with Gasteiger partial charge >= 0.3 is 6.41 Å². The van der Waals surface area contributed by atoms with Crippen LogP contribution in [-0.4, -0.2) is 23.4 Å². The zero-order chi connectivity index (χ0) is 8.85. The van der Waals surface area contributed by atoms with Crippen LogP contribution in [0.4, 0.5) is 0 Å². The van der Waals surface area contributed by atoms with Crippen molar-refractivity contribution in [2.24, 2.45) is 0 Å². The van der Waals surface area contributed by atoms with Crippen molar-refractivity contribution in [1.29, 1.82) is 10.5 Å². The van der Waals surface area contributed by atoms with E-state index in [-0.39, 0.29) is 0 Å². The molecule has 0 N–H and O–H groups in total. The fourth-order valence-electron chi connectivity index (χ4n) is 0.618. The molecule has 0 rings (SSSR count). The Morgan fingerprint density at radius 3 is 1.73 bits per heavy atom. The molecule has 1 radical (unpaired) electrons. The number of hydrogen-bond donors (Lipinski definition) is 0. The molecule has 0 saturated heterocycles. The Bertz CT molecular complexity index is 193. The molecule has 2 atom stereocenters. The summed E-state index contributed by atoms with van der Waals surface area (Å²) in [5.74, 6) is 0. The molecular weight excluding hydrogens is 142 g/mol. The molecule has 0 saturated carbocycles. The van der Waals surface area contributed by atoms with Gasteiger partial charge in [0.1, 0.15) is 12.1 Å². The molecule has 4 heteroatoms. The Kier molecular flexibility index (Phi) is 3.69. The van der Waals surface area contributed by atoms with E-state index in [0.717, 1.165) is 4.90 Å². The maximum absolute atomic E-state index is 10.2. The molecule has 0 aromatic carbocycles. The molecule has 0 aromatic rings. The van der Waals surface area contributed by atoms with Crippen molar-refractivity contribution in [3.05, 3.63) is 0 Å². The van der Waals surface area contributed by atoms with Crippen molar-refractivity contribution in [2.45, 2.75) is 25.9 Å². The van der Waals surface area contributed by atoms with Gasteiger partial charge in [0, 0.05) is 0 Å². The second-order valence-corrected chi connectivity index (χ2v) is 2.11. The Labute approximate surface area is 65.6 Å². The third-order valence-electron chi connectivity index (χ3n) is 1.31. The maximum Gasteiger partial charge on any atom is 0.314 e. The third kappa shape index (κ3) is 2.27. The first kappa shape index (κ1) is 9.45. The van der Waals surface area contributed by atoms with Crippen LogP contribution >= 0.6 is 0 Å². The zero-order valence-corrected chi connectivity index (χ0v) is 6.40. The van der Waals surface area contributed by atoms with Gasteiger partial charge in [-0.3, -0.25) is 4.79 Å². The van der Waals surface area contributed by atoms with Gasteiger partial charge in [0.2, 0.25) is 0 Å². The van der Waals surface area contributed by atoms with Gasteiger partial charge in [0.05, 0.1) is 12.1 Å². The van der Waals surface area contributed by atoms with Crippen LogP contribution < -0.4 is 0 Å². The lowest BCUT2D eigenvalue weighted by Gasteiger charge is -2.20. The molecule has 0 aromatic heterocycles. The van der Waals surface area contributed by atoms with Crippen LogP contribution in [0.2, 0.25) is 0 Å². The molecular formula is C7H8N3O. The van der Waals surface area contributed by atoms with Crippen LogP contribution in [-0.2, 0) is 4.79 Å². The van der Waals surface area contributed by atoms with Gasteiger partial charge in [0.25, 0.3) is 0 Å². The third-order valence-corrected chi connectivity index (χ3v) is 1.31. The maximum atomic E-state index is 10.2. The molecule has 57 valence electrons. The fourth-order valence-corrected chi connectivity index (χ4v) is 0.618. The number of rotatable bonds is 3. The van der Waals surface area contributed by atoms with Gasteiger partial charge in [-0.05, 0) is 13.8 Å². The van der Waals surface area contributed by atoms with Gasteiger partial charge in [-0.25, -0.2) is 0 Å². The van der Waals surface area contributed by atoms with Gasteiger partial charge in [0.15, 0.2) is 0 Å². The Hall–Kier alpha value is -1.55. The van der Waals surface area contributed by atoms with Crippen LogP contribution in [0.3, 0.4) is 0 Å². The zero-order valence-electron chi connectivity index (χ0n) is 6.40. The highest BCUT2D eigenvalue weighted by Crippen LogP contribution is 1.99. The minimum atomic E-state index is -0.595. The summed E-state index contributed by atoms with van der Waals surface area (Å²) in [6, 6.07) is 2.50. The van der Waals surface area contributed by atoms with Crippen molar-refractivity contribution in [3.8, 4) is 12.1 Å². The number of hydrogen-bond acceptors (Lipinski definition) is 3. The highest BCUT2D eigenvalue weighted by atomic mass is 16.1. The minimum absolute atomic E-state index is 0.595. The van der Waals surface area contributed by atoms with Crippen molar-refractivity contribution < 1.29 is 4.79 Å². The van der Waals surface area contributed by atoms with E-state index in [1.165, 1.54) is 0 Å². The molecule has 4 nitrogen and oxygen atoms in total. The van der Waals surface area contributed by atoms with Crippen LogP contribution in [0.25, 0.3) is 0 Å². The van der Waals surface area contributed by atoms with E-state index < -0.39 is 12.1 Å². The Morgan fingerprint density at radius 1 is 1.18 bits per heavy atom. The lowest BCUT2D eigenvalue weighted by atomic mass is 10.2. The van der Waals surface area contributed by atoms with Crippen molar-refractivity contribution >= 4 is 6.41 Å². The topological polar surface area (TPSA) is 67.9 Å². The number of nitriles is 2. The summed E-state index contributed by atoms with van der Waals surface area (Å²) >= 11 is 0. The quantitative estimate of drug-likeness (QED) is 0.539. The molecule has 0 heterocycles. The predicted molar refractivity (Wildman–Crippen MR) is 37.7 cm³/mol. The van der Waals surface area contributed by atoms with E-state index in [2.05, 4.69) is 0 Å². The largest absolute Gasteiger partial charge is 0.314 e. The highest BCUT2D eigenvalue weighted by Gasteiger charge is 2.17. The monoisotopic (exact) mass is 150 g/mol.